The van der Waals surface area contributed by atoms with E-state index in [1.54, 1.807) is 18.5 Å². The van der Waals surface area contributed by atoms with Crippen LogP contribution in [0.25, 0.3) is 0 Å². The number of pyridine rings is 1. The summed E-state index contributed by atoms with van der Waals surface area (Å²) >= 11 is 0. The Hall–Kier alpha value is -1.62. The third-order valence-corrected chi connectivity index (χ3v) is 4.70. The minimum Gasteiger partial charge on any atom is -0.397 e. The second kappa shape index (κ2) is 6.43. The molecular weight excluding hydrogens is 264 g/mol. The Morgan fingerprint density at radius 2 is 1.95 bits per heavy atom. The highest BCUT2D eigenvalue weighted by Crippen LogP contribution is 2.22. The molecule has 5 heteroatoms. The molecule has 2 fully saturated rings. The molecule has 0 bridgehead atoms. The predicted molar refractivity (Wildman–Crippen MR) is 83.0 cm³/mol. The number of rotatable bonds is 3. The smallest absolute Gasteiger partial charge is 0.256 e. The van der Waals surface area contributed by atoms with Crippen LogP contribution >= 0.6 is 0 Å². The van der Waals surface area contributed by atoms with Gasteiger partial charge in [-0.3, -0.25) is 9.78 Å². The summed E-state index contributed by atoms with van der Waals surface area (Å²) in [5.41, 5.74) is 6.91. The summed E-state index contributed by atoms with van der Waals surface area (Å²) < 4.78 is 0. The van der Waals surface area contributed by atoms with Gasteiger partial charge in [0.1, 0.15) is 0 Å². The zero-order chi connectivity index (χ0) is 14.7. The molecule has 0 atom stereocenters. The molecular formula is C16H24N4O. The van der Waals surface area contributed by atoms with Crippen molar-refractivity contribution in [1.29, 1.82) is 0 Å². The van der Waals surface area contributed by atoms with Gasteiger partial charge in [-0.2, -0.15) is 0 Å². The SMILES string of the molecule is Nc1cnccc1C(=O)N1CCC(CN2CCCC2)CC1. The summed E-state index contributed by atoms with van der Waals surface area (Å²) in [6, 6.07) is 1.72. The van der Waals surface area contributed by atoms with Crippen LogP contribution in [-0.2, 0) is 0 Å². The zero-order valence-corrected chi connectivity index (χ0v) is 12.5. The number of aromatic nitrogens is 1. The van der Waals surface area contributed by atoms with E-state index >= 15 is 0 Å². The Labute approximate surface area is 126 Å². The van der Waals surface area contributed by atoms with Crippen molar-refractivity contribution in [3.63, 3.8) is 0 Å². The molecule has 2 aliphatic heterocycles. The molecule has 3 rings (SSSR count). The highest BCUT2D eigenvalue weighted by molar-refractivity contribution is 5.98. The van der Waals surface area contributed by atoms with Crippen molar-refractivity contribution in [1.82, 2.24) is 14.8 Å². The molecule has 1 aromatic rings. The molecule has 0 spiro atoms. The van der Waals surface area contributed by atoms with Crippen LogP contribution in [0.15, 0.2) is 18.5 Å². The maximum absolute atomic E-state index is 12.5. The number of likely N-dealkylation sites (tertiary alicyclic amines) is 2. The number of nitrogen functional groups attached to an aromatic ring is 1. The van der Waals surface area contributed by atoms with Gasteiger partial charge in [0.15, 0.2) is 0 Å². The fourth-order valence-electron chi connectivity index (χ4n) is 3.42. The van der Waals surface area contributed by atoms with E-state index in [4.69, 9.17) is 5.73 Å². The largest absolute Gasteiger partial charge is 0.397 e. The van der Waals surface area contributed by atoms with E-state index in [1.165, 1.54) is 32.5 Å². The van der Waals surface area contributed by atoms with Gasteiger partial charge in [-0.1, -0.05) is 0 Å². The first kappa shape index (κ1) is 14.3. The number of nitrogens with two attached hydrogens (primary N) is 1. The van der Waals surface area contributed by atoms with E-state index in [0.29, 0.717) is 11.3 Å². The van der Waals surface area contributed by atoms with E-state index in [0.717, 1.165) is 31.8 Å². The Kier molecular flexibility index (Phi) is 4.39. The minimum atomic E-state index is 0.0505. The molecule has 2 N–H and O–H groups in total. The Balaban J connectivity index is 1.53. The summed E-state index contributed by atoms with van der Waals surface area (Å²) in [5.74, 6) is 0.788. The average Bonchev–Trinajstić information content (AvgIpc) is 3.01. The van der Waals surface area contributed by atoms with E-state index in [-0.39, 0.29) is 5.91 Å². The van der Waals surface area contributed by atoms with Crippen molar-refractivity contribution in [2.45, 2.75) is 25.7 Å². The fourth-order valence-corrected chi connectivity index (χ4v) is 3.42. The molecule has 3 heterocycles. The Morgan fingerprint density at radius 3 is 2.62 bits per heavy atom. The summed E-state index contributed by atoms with van der Waals surface area (Å²) in [6.07, 6.45) is 8.08. The summed E-state index contributed by atoms with van der Waals surface area (Å²) in [6.45, 7) is 5.41. The molecule has 0 aliphatic carbocycles. The fraction of sp³-hybridized carbons (Fsp3) is 0.625. The van der Waals surface area contributed by atoms with Crippen LogP contribution in [-0.4, -0.2) is 53.4 Å². The lowest BCUT2D eigenvalue weighted by atomic mass is 9.95. The van der Waals surface area contributed by atoms with Crippen molar-refractivity contribution in [2.75, 3.05) is 38.5 Å². The number of carbonyl (C=O) groups is 1. The van der Waals surface area contributed by atoms with Crippen molar-refractivity contribution >= 4 is 11.6 Å². The number of amides is 1. The van der Waals surface area contributed by atoms with Crippen LogP contribution in [0, 0.1) is 5.92 Å². The van der Waals surface area contributed by atoms with Gasteiger partial charge in [0.05, 0.1) is 17.4 Å². The van der Waals surface area contributed by atoms with Crippen LogP contribution in [0.2, 0.25) is 0 Å². The van der Waals surface area contributed by atoms with Crippen LogP contribution in [0.4, 0.5) is 5.69 Å². The average molecular weight is 288 g/mol. The lowest BCUT2D eigenvalue weighted by molar-refractivity contribution is 0.0674. The molecule has 0 aromatic carbocycles. The standard InChI is InChI=1S/C16H24N4O/c17-15-11-18-6-3-14(15)16(21)20-9-4-13(5-10-20)12-19-7-1-2-8-19/h3,6,11,13H,1-2,4-5,7-10,12,17H2. The highest BCUT2D eigenvalue weighted by Gasteiger charge is 2.26. The van der Waals surface area contributed by atoms with Gasteiger partial charge in [-0.15, -0.1) is 0 Å². The normalized spacial score (nSPS) is 20.9. The van der Waals surface area contributed by atoms with Gasteiger partial charge < -0.3 is 15.5 Å². The van der Waals surface area contributed by atoms with E-state index < -0.39 is 0 Å². The van der Waals surface area contributed by atoms with E-state index in [9.17, 15) is 4.79 Å². The van der Waals surface area contributed by atoms with Gasteiger partial charge in [0, 0.05) is 25.8 Å². The van der Waals surface area contributed by atoms with Crippen LogP contribution in [0.5, 0.6) is 0 Å². The molecule has 2 aliphatic rings. The molecule has 5 nitrogen and oxygen atoms in total. The van der Waals surface area contributed by atoms with Crippen molar-refractivity contribution < 1.29 is 4.79 Å². The molecule has 0 saturated carbocycles. The second-order valence-electron chi connectivity index (χ2n) is 6.21. The number of hydrogen-bond donors (Lipinski definition) is 1. The summed E-state index contributed by atoms with van der Waals surface area (Å²) in [4.78, 5) is 20.9. The lowest BCUT2D eigenvalue weighted by Gasteiger charge is -2.34. The first-order valence-corrected chi connectivity index (χ1v) is 7.95. The lowest BCUT2D eigenvalue weighted by Crippen LogP contribution is -2.41. The third-order valence-electron chi connectivity index (χ3n) is 4.70. The quantitative estimate of drug-likeness (QED) is 0.918. The predicted octanol–water partition coefficient (Wildman–Crippen LogP) is 1.61. The highest BCUT2D eigenvalue weighted by atomic mass is 16.2. The number of hydrogen-bond acceptors (Lipinski definition) is 4. The first-order chi connectivity index (χ1) is 10.2. The Bertz CT molecular complexity index is 491. The van der Waals surface area contributed by atoms with Crippen LogP contribution in [0.3, 0.4) is 0 Å². The Morgan fingerprint density at radius 1 is 1.24 bits per heavy atom. The van der Waals surface area contributed by atoms with Gasteiger partial charge in [0.2, 0.25) is 0 Å². The molecule has 21 heavy (non-hydrogen) atoms. The topological polar surface area (TPSA) is 62.5 Å². The molecule has 0 radical (unpaired) electrons. The van der Waals surface area contributed by atoms with E-state index in [2.05, 4.69) is 9.88 Å². The number of anilines is 1. The van der Waals surface area contributed by atoms with Gasteiger partial charge >= 0.3 is 0 Å². The number of carbonyl (C=O) groups excluding carboxylic acids is 1. The first-order valence-electron chi connectivity index (χ1n) is 7.95. The summed E-state index contributed by atoms with van der Waals surface area (Å²) in [5, 5.41) is 0. The zero-order valence-electron chi connectivity index (χ0n) is 12.5. The van der Waals surface area contributed by atoms with E-state index in [1.807, 2.05) is 4.90 Å². The van der Waals surface area contributed by atoms with Crippen molar-refractivity contribution in [2.24, 2.45) is 5.92 Å². The molecule has 0 unspecified atom stereocenters. The van der Waals surface area contributed by atoms with Gasteiger partial charge in [-0.05, 0) is 50.8 Å². The van der Waals surface area contributed by atoms with Crippen LogP contribution in [0.1, 0.15) is 36.0 Å². The maximum Gasteiger partial charge on any atom is 0.256 e. The second-order valence-corrected chi connectivity index (χ2v) is 6.21. The molecule has 2 saturated heterocycles. The maximum atomic E-state index is 12.5. The van der Waals surface area contributed by atoms with Crippen LogP contribution < -0.4 is 5.73 Å². The van der Waals surface area contributed by atoms with Crippen molar-refractivity contribution in [3.05, 3.63) is 24.0 Å². The van der Waals surface area contributed by atoms with Crippen molar-refractivity contribution in [3.8, 4) is 0 Å². The minimum absolute atomic E-state index is 0.0505. The molecule has 114 valence electrons. The number of piperidine rings is 1. The van der Waals surface area contributed by atoms with Gasteiger partial charge in [0.25, 0.3) is 5.91 Å². The molecule has 1 aromatic heterocycles. The van der Waals surface area contributed by atoms with Gasteiger partial charge in [-0.25, -0.2) is 0 Å². The summed E-state index contributed by atoms with van der Waals surface area (Å²) in [7, 11) is 0. The monoisotopic (exact) mass is 288 g/mol. The number of nitrogens with zero attached hydrogens (tertiary/aromatic N) is 3. The third kappa shape index (κ3) is 3.35. The molecule has 1 amide bonds.